The van der Waals surface area contributed by atoms with E-state index >= 15 is 0 Å². The third-order valence-electron chi connectivity index (χ3n) is 2.93. The van der Waals surface area contributed by atoms with Crippen LogP contribution in [0.1, 0.15) is 15.9 Å². The lowest BCUT2D eigenvalue weighted by Gasteiger charge is -2.07. The second kappa shape index (κ2) is 8.31. The number of ketones is 1. The van der Waals surface area contributed by atoms with Gasteiger partial charge in [0.25, 0.3) is 0 Å². The first kappa shape index (κ1) is 17.0. The van der Waals surface area contributed by atoms with E-state index in [1.807, 2.05) is 0 Å². The number of halogens is 1. The predicted octanol–water partition coefficient (Wildman–Crippen LogP) is 2.49. The Kier molecular flexibility index (Phi) is 6.14. The Balaban J connectivity index is 1.95. The monoisotopic (exact) mass is 334 g/mol. The molecular weight excluding hydrogens is 320 g/mol. The Morgan fingerprint density at radius 3 is 2.09 bits per heavy atom. The molecule has 1 N–H and O–H groups in total. The number of esters is 1. The minimum Gasteiger partial charge on any atom is -0.482 e. The van der Waals surface area contributed by atoms with Gasteiger partial charge >= 0.3 is 5.97 Å². The van der Waals surface area contributed by atoms with Gasteiger partial charge in [-0.1, -0.05) is 11.6 Å². The fourth-order valence-corrected chi connectivity index (χ4v) is 1.94. The highest BCUT2D eigenvalue weighted by Gasteiger charge is 2.09. The van der Waals surface area contributed by atoms with E-state index in [9.17, 15) is 9.59 Å². The molecule has 0 aliphatic heterocycles. The lowest BCUT2D eigenvalue weighted by atomic mass is 10.0. The van der Waals surface area contributed by atoms with Crippen LogP contribution in [0.3, 0.4) is 0 Å². The van der Waals surface area contributed by atoms with Crippen molar-refractivity contribution in [1.29, 1.82) is 0 Å². The average molecular weight is 335 g/mol. The van der Waals surface area contributed by atoms with E-state index in [1.54, 1.807) is 48.5 Å². The van der Waals surface area contributed by atoms with Gasteiger partial charge in [0.1, 0.15) is 12.4 Å². The van der Waals surface area contributed by atoms with Gasteiger partial charge in [0.15, 0.2) is 12.4 Å². The third kappa shape index (κ3) is 5.09. The Labute approximate surface area is 138 Å². The van der Waals surface area contributed by atoms with Gasteiger partial charge in [-0.25, -0.2) is 4.79 Å². The number of carbonyl (C=O) groups is 2. The Hall–Kier alpha value is -2.37. The van der Waals surface area contributed by atoms with Crippen LogP contribution in [-0.2, 0) is 9.53 Å². The zero-order valence-electron chi connectivity index (χ0n) is 12.2. The smallest absolute Gasteiger partial charge is 0.344 e. The van der Waals surface area contributed by atoms with Crippen molar-refractivity contribution < 1.29 is 24.2 Å². The molecule has 120 valence electrons. The molecule has 0 aliphatic carbocycles. The number of ether oxygens (including phenoxy) is 2. The minimum atomic E-state index is -0.569. The molecule has 0 fully saturated rings. The quantitative estimate of drug-likeness (QED) is 0.622. The largest absolute Gasteiger partial charge is 0.482 e. The number of benzene rings is 2. The van der Waals surface area contributed by atoms with Crippen LogP contribution < -0.4 is 4.74 Å². The summed E-state index contributed by atoms with van der Waals surface area (Å²) < 4.78 is 9.90. The zero-order valence-corrected chi connectivity index (χ0v) is 13.0. The first-order valence-electron chi connectivity index (χ1n) is 6.90. The van der Waals surface area contributed by atoms with E-state index in [4.69, 9.17) is 21.4 Å². The Morgan fingerprint density at radius 2 is 1.52 bits per heavy atom. The Morgan fingerprint density at radius 1 is 0.957 bits per heavy atom. The van der Waals surface area contributed by atoms with Crippen molar-refractivity contribution in [2.75, 3.05) is 19.8 Å². The Bertz CT molecular complexity index is 664. The van der Waals surface area contributed by atoms with Crippen molar-refractivity contribution in [1.82, 2.24) is 0 Å². The van der Waals surface area contributed by atoms with E-state index < -0.39 is 5.97 Å². The van der Waals surface area contributed by atoms with Crippen LogP contribution in [0.25, 0.3) is 0 Å². The van der Waals surface area contributed by atoms with E-state index in [1.165, 1.54) is 0 Å². The molecule has 0 bridgehead atoms. The van der Waals surface area contributed by atoms with Crippen molar-refractivity contribution in [3.05, 3.63) is 64.7 Å². The number of carbonyl (C=O) groups excluding carboxylic acids is 2. The fraction of sp³-hybridized carbons (Fsp3) is 0.176. The fourth-order valence-electron chi connectivity index (χ4n) is 1.81. The second-order valence-corrected chi connectivity index (χ2v) is 5.03. The molecule has 0 saturated carbocycles. The summed E-state index contributed by atoms with van der Waals surface area (Å²) in [4.78, 5) is 23.5. The third-order valence-corrected chi connectivity index (χ3v) is 3.19. The van der Waals surface area contributed by atoms with Crippen LogP contribution in [0.4, 0.5) is 0 Å². The van der Waals surface area contributed by atoms with E-state index in [0.717, 1.165) is 0 Å². The number of aliphatic hydroxyl groups excluding tert-OH is 1. The maximum Gasteiger partial charge on any atom is 0.344 e. The van der Waals surface area contributed by atoms with E-state index in [-0.39, 0.29) is 25.6 Å². The highest BCUT2D eigenvalue weighted by Crippen LogP contribution is 2.17. The second-order valence-electron chi connectivity index (χ2n) is 4.59. The normalized spacial score (nSPS) is 10.2. The highest BCUT2D eigenvalue weighted by molar-refractivity contribution is 6.30. The number of aliphatic hydroxyl groups is 1. The van der Waals surface area contributed by atoms with Crippen molar-refractivity contribution >= 4 is 23.4 Å². The molecule has 0 spiro atoms. The standard InChI is InChI=1S/C17H15ClO5/c18-14-5-1-12(2-6-14)17(21)13-3-7-15(8-4-13)23-11-16(20)22-10-9-19/h1-8,19H,9-11H2. The lowest BCUT2D eigenvalue weighted by molar-refractivity contribution is -0.146. The summed E-state index contributed by atoms with van der Waals surface area (Å²) in [7, 11) is 0. The summed E-state index contributed by atoms with van der Waals surface area (Å²) in [5, 5.41) is 9.10. The van der Waals surface area contributed by atoms with Gasteiger partial charge in [-0.15, -0.1) is 0 Å². The molecule has 2 aromatic carbocycles. The van der Waals surface area contributed by atoms with Crippen molar-refractivity contribution in [2.45, 2.75) is 0 Å². The molecule has 0 aliphatic rings. The van der Waals surface area contributed by atoms with Crippen molar-refractivity contribution in [3.8, 4) is 5.75 Å². The molecule has 2 aromatic rings. The topological polar surface area (TPSA) is 72.8 Å². The molecule has 0 amide bonds. The van der Waals surface area contributed by atoms with Crippen LogP contribution in [0.5, 0.6) is 5.75 Å². The van der Waals surface area contributed by atoms with Crippen LogP contribution in [0.2, 0.25) is 5.02 Å². The number of hydrogen-bond acceptors (Lipinski definition) is 5. The molecule has 0 radical (unpaired) electrons. The molecule has 0 saturated heterocycles. The van der Waals surface area contributed by atoms with Crippen LogP contribution in [0, 0.1) is 0 Å². The van der Waals surface area contributed by atoms with Crippen molar-refractivity contribution in [2.24, 2.45) is 0 Å². The van der Waals surface area contributed by atoms with Gasteiger partial charge in [-0.05, 0) is 48.5 Å². The SMILES string of the molecule is O=C(COc1ccc(C(=O)c2ccc(Cl)cc2)cc1)OCCO. The van der Waals surface area contributed by atoms with Gasteiger partial charge < -0.3 is 14.6 Å². The summed E-state index contributed by atoms with van der Waals surface area (Å²) in [5.74, 6) is -0.255. The zero-order chi connectivity index (χ0) is 16.7. The molecule has 0 aromatic heterocycles. The minimum absolute atomic E-state index is 0.0588. The molecule has 6 heteroatoms. The summed E-state index contributed by atoms with van der Waals surface area (Å²) in [6, 6.07) is 13.1. The molecular formula is C17H15ClO5. The summed E-state index contributed by atoms with van der Waals surface area (Å²) in [5.41, 5.74) is 1.04. The average Bonchev–Trinajstić information content (AvgIpc) is 2.58. The van der Waals surface area contributed by atoms with Gasteiger partial charge in [0.2, 0.25) is 0 Å². The lowest BCUT2D eigenvalue weighted by Crippen LogP contribution is -2.16. The summed E-state index contributed by atoms with van der Waals surface area (Å²) >= 11 is 5.80. The van der Waals surface area contributed by atoms with E-state index in [2.05, 4.69) is 4.74 Å². The molecule has 5 nitrogen and oxygen atoms in total. The van der Waals surface area contributed by atoms with Crippen LogP contribution in [0.15, 0.2) is 48.5 Å². The van der Waals surface area contributed by atoms with Crippen LogP contribution >= 0.6 is 11.6 Å². The summed E-state index contributed by atoms with van der Waals surface area (Å²) in [6.07, 6.45) is 0. The van der Waals surface area contributed by atoms with Crippen LogP contribution in [-0.4, -0.2) is 36.7 Å². The number of rotatable bonds is 7. The first-order chi connectivity index (χ1) is 11.1. The molecule has 23 heavy (non-hydrogen) atoms. The maximum atomic E-state index is 12.3. The van der Waals surface area contributed by atoms with Gasteiger partial charge in [-0.3, -0.25) is 4.79 Å². The van der Waals surface area contributed by atoms with Gasteiger partial charge in [-0.2, -0.15) is 0 Å². The first-order valence-corrected chi connectivity index (χ1v) is 7.27. The highest BCUT2D eigenvalue weighted by atomic mass is 35.5. The summed E-state index contributed by atoms with van der Waals surface area (Å²) in [6.45, 7) is -0.547. The predicted molar refractivity (Wildman–Crippen MR) is 84.9 cm³/mol. The molecule has 0 atom stereocenters. The maximum absolute atomic E-state index is 12.3. The number of hydrogen-bond donors (Lipinski definition) is 1. The van der Waals surface area contributed by atoms with Gasteiger partial charge in [0.05, 0.1) is 6.61 Å². The molecule has 0 heterocycles. The molecule has 0 unspecified atom stereocenters. The van der Waals surface area contributed by atoms with E-state index in [0.29, 0.717) is 21.9 Å². The van der Waals surface area contributed by atoms with Gasteiger partial charge in [0, 0.05) is 16.1 Å². The molecule has 2 rings (SSSR count). The van der Waals surface area contributed by atoms with Crippen molar-refractivity contribution in [3.63, 3.8) is 0 Å².